The molecule has 0 heterocycles. The maximum atomic E-state index is 11.9. The SMILES string of the molecule is COC(=O)[C@@H](CC(C)C)NC(=O)COC(=O)/C=C/c1ccc(C)cc1. The second kappa shape index (κ2) is 10.3. The van der Waals surface area contributed by atoms with Crippen LogP contribution in [0.2, 0.25) is 0 Å². The van der Waals surface area contributed by atoms with E-state index in [1.54, 1.807) is 6.08 Å². The van der Waals surface area contributed by atoms with E-state index >= 15 is 0 Å². The number of rotatable bonds is 8. The van der Waals surface area contributed by atoms with Crippen LogP contribution < -0.4 is 5.32 Å². The molecule has 0 radical (unpaired) electrons. The van der Waals surface area contributed by atoms with Crippen LogP contribution in [0.1, 0.15) is 31.4 Å². The standard InChI is InChI=1S/C19H25NO5/c1-13(2)11-16(19(23)24-4)20-17(21)12-25-18(22)10-9-15-7-5-14(3)6-8-15/h5-10,13,16H,11-12H2,1-4H3,(H,20,21)/b10-9+/t16-/m1/s1. The van der Waals surface area contributed by atoms with Gasteiger partial charge in [-0.1, -0.05) is 43.7 Å². The van der Waals surface area contributed by atoms with Gasteiger partial charge in [-0.25, -0.2) is 9.59 Å². The van der Waals surface area contributed by atoms with Crippen LogP contribution in [-0.2, 0) is 23.9 Å². The maximum Gasteiger partial charge on any atom is 0.331 e. The second-order valence-electron chi connectivity index (χ2n) is 6.12. The molecule has 136 valence electrons. The molecule has 0 aromatic heterocycles. The number of amides is 1. The van der Waals surface area contributed by atoms with Crippen molar-refractivity contribution in [3.8, 4) is 0 Å². The van der Waals surface area contributed by atoms with Gasteiger partial charge in [0.2, 0.25) is 0 Å². The summed E-state index contributed by atoms with van der Waals surface area (Å²) in [6.07, 6.45) is 3.30. The number of hydrogen-bond donors (Lipinski definition) is 1. The van der Waals surface area contributed by atoms with Gasteiger partial charge < -0.3 is 14.8 Å². The minimum absolute atomic E-state index is 0.199. The van der Waals surface area contributed by atoms with Gasteiger partial charge in [0, 0.05) is 6.08 Å². The molecule has 0 aliphatic heterocycles. The van der Waals surface area contributed by atoms with Crippen molar-refractivity contribution in [1.29, 1.82) is 0 Å². The number of ether oxygens (including phenoxy) is 2. The monoisotopic (exact) mass is 347 g/mol. The van der Waals surface area contributed by atoms with E-state index in [2.05, 4.69) is 10.1 Å². The first-order valence-corrected chi connectivity index (χ1v) is 8.10. The summed E-state index contributed by atoms with van der Waals surface area (Å²) in [5.41, 5.74) is 1.98. The third kappa shape index (κ3) is 8.15. The van der Waals surface area contributed by atoms with Crippen LogP contribution in [0.3, 0.4) is 0 Å². The first kappa shape index (κ1) is 20.4. The molecule has 0 aliphatic carbocycles. The van der Waals surface area contributed by atoms with E-state index in [0.29, 0.717) is 6.42 Å². The molecule has 0 bridgehead atoms. The number of aryl methyl sites for hydroxylation is 1. The first-order valence-electron chi connectivity index (χ1n) is 8.10. The third-order valence-electron chi connectivity index (χ3n) is 3.36. The van der Waals surface area contributed by atoms with Crippen LogP contribution in [0.4, 0.5) is 0 Å². The summed E-state index contributed by atoms with van der Waals surface area (Å²) < 4.78 is 9.54. The minimum Gasteiger partial charge on any atom is -0.467 e. The van der Waals surface area contributed by atoms with Gasteiger partial charge in [-0.2, -0.15) is 0 Å². The maximum absolute atomic E-state index is 11.9. The fourth-order valence-corrected chi connectivity index (χ4v) is 2.09. The Labute approximate surface area is 148 Å². The molecule has 0 saturated heterocycles. The van der Waals surface area contributed by atoms with Crippen LogP contribution in [0.25, 0.3) is 6.08 Å². The van der Waals surface area contributed by atoms with Crippen molar-refractivity contribution < 1.29 is 23.9 Å². The van der Waals surface area contributed by atoms with E-state index < -0.39 is 30.5 Å². The highest BCUT2D eigenvalue weighted by atomic mass is 16.5. The Morgan fingerprint density at radius 2 is 1.80 bits per heavy atom. The predicted octanol–water partition coefficient (Wildman–Crippen LogP) is 2.26. The molecule has 6 nitrogen and oxygen atoms in total. The highest BCUT2D eigenvalue weighted by Gasteiger charge is 2.22. The molecule has 1 amide bonds. The lowest BCUT2D eigenvalue weighted by Gasteiger charge is -2.18. The average Bonchev–Trinajstić information content (AvgIpc) is 2.57. The largest absolute Gasteiger partial charge is 0.467 e. The summed E-state index contributed by atoms with van der Waals surface area (Å²) in [5.74, 6) is -1.50. The summed E-state index contributed by atoms with van der Waals surface area (Å²) >= 11 is 0. The molecule has 6 heteroatoms. The van der Waals surface area contributed by atoms with Crippen molar-refractivity contribution in [2.45, 2.75) is 33.2 Å². The number of nitrogens with one attached hydrogen (secondary N) is 1. The van der Waals surface area contributed by atoms with E-state index in [9.17, 15) is 14.4 Å². The summed E-state index contributed by atoms with van der Waals surface area (Å²) in [7, 11) is 1.26. The van der Waals surface area contributed by atoms with Crippen LogP contribution in [0.5, 0.6) is 0 Å². The molecular formula is C19H25NO5. The number of esters is 2. The highest BCUT2D eigenvalue weighted by Crippen LogP contribution is 2.07. The number of carbonyl (C=O) groups is 3. The number of benzene rings is 1. The molecule has 0 fully saturated rings. The van der Waals surface area contributed by atoms with Gasteiger partial charge in [0.1, 0.15) is 6.04 Å². The first-order chi connectivity index (χ1) is 11.8. The number of carbonyl (C=O) groups excluding carboxylic acids is 3. The molecular weight excluding hydrogens is 322 g/mol. The topological polar surface area (TPSA) is 81.7 Å². The lowest BCUT2D eigenvalue weighted by Crippen LogP contribution is -2.44. The van der Waals surface area contributed by atoms with Crippen molar-refractivity contribution >= 4 is 23.9 Å². The Hall–Kier alpha value is -2.63. The van der Waals surface area contributed by atoms with Crippen LogP contribution in [0.15, 0.2) is 30.3 Å². The lowest BCUT2D eigenvalue weighted by atomic mass is 10.0. The fourth-order valence-electron chi connectivity index (χ4n) is 2.09. The van der Waals surface area contributed by atoms with Crippen LogP contribution >= 0.6 is 0 Å². The van der Waals surface area contributed by atoms with E-state index in [1.807, 2.05) is 45.0 Å². The Kier molecular flexibility index (Phi) is 8.39. The summed E-state index contributed by atoms with van der Waals surface area (Å²) in [4.78, 5) is 35.2. The zero-order valence-corrected chi connectivity index (χ0v) is 15.1. The normalized spacial score (nSPS) is 12.0. The van der Waals surface area contributed by atoms with Gasteiger partial charge in [-0.15, -0.1) is 0 Å². The summed E-state index contributed by atoms with van der Waals surface area (Å²) in [6, 6.07) is 6.86. The molecule has 1 aromatic rings. The molecule has 1 N–H and O–H groups in total. The average molecular weight is 347 g/mol. The van der Waals surface area contributed by atoms with E-state index in [1.165, 1.54) is 13.2 Å². The van der Waals surface area contributed by atoms with Gasteiger partial charge in [0.25, 0.3) is 5.91 Å². The minimum atomic E-state index is -0.751. The van der Waals surface area contributed by atoms with Gasteiger partial charge in [-0.05, 0) is 30.9 Å². The molecule has 25 heavy (non-hydrogen) atoms. The Morgan fingerprint density at radius 3 is 2.36 bits per heavy atom. The van der Waals surface area contributed by atoms with Gasteiger partial charge in [0.15, 0.2) is 6.61 Å². The van der Waals surface area contributed by atoms with Crippen molar-refractivity contribution in [3.05, 3.63) is 41.5 Å². The molecule has 1 aromatic carbocycles. The van der Waals surface area contributed by atoms with E-state index in [0.717, 1.165) is 11.1 Å². The van der Waals surface area contributed by atoms with Crippen molar-refractivity contribution in [2.75, 3.05) is 13.7 Å². The smallest absolute Gasteiger partial charge is 0.331 e. The van der Waals surface area contributed by atoms with Crippen molar-refractivity contribution in [3.63, 3.8) is 0 Å². The lowest BCUT2D eigenvalue weighted by molar-refractivity contribution is -0.148. The molecule has 0 saturated carbocycles. The van der Waals surface area contributed by atoms with Gasteiger partial charge in [-0.3, -0.25) is 4.79 Å². The predicted molar refractivity (Wildman–Crippen MR) is 94.6 cm³/mol. The zero-order valence-electron chi connectivity index (χ0n) is 15.1. The summed E-state index contributed by atoms with van der Waals surface area (Å²) in [5, 5.41) is 2.52. The zero-order chi connectivity index (χ0) is 18.8. The van der Waals surface area contributed by atoms with Gasteiger partial charge in [0.05, 0.1) is 7.11 Å². The van der Waals surface area contributed by atoms with Gasteiger partial charge >= 0.3 is 11.9 Å². The molecule has 1 rings (SSSR count). The van der Waals surface area contributed by atoms with Crippen LogP contribution in [-0.4, -0.2) is 37.6 Å². The molecule has 0 aliphatic rings. The molecule has 1 atom stereocenters. The number of hydrogen-bond acceptors (Lipinski definition) is 5. The second-order valence-corrected chi connectivity index (χ2v) is 6.12. The Bertz CT molecular complexity index is 619. The molecule has 0 spiro atoms. The fraction of sp³-hybridized carbons (Fsp3) is 0.421. The number of methoxy groups -OCH3 is 1. The van der Waals surface area contributed by atoms with E-state index in [-0.39, 0.29) is 5.92 Å². The molecule has 0 unspecified atom stereocenters. The quantitative estimate of drug-likeness (QED) is 0.576. The third-order valence-corrected chi connectivity index (χ3v) is 3.36. The van der Waals surface area contributed by atoms with Crippen molar-refractivity contribution in [1.82, 2.24) is 5.32 Å². The Balaban J connectivity index is 2.47. The highest BCUT2D eigenvalue weighted by molar-refractivity contribution is 5.90. The van der Waals surface area contributed by atoms with Crippen molar-refractivity contribution in [2.24, 2.45) is 5.92 Å². The summed E-state index contributed by atoms with van der Waals surface area (Å²) in [6.45, 7) is 5.37. The Morgan fingerprint density at radius 1 is 1.16 bits per heavy atom. The van der Waals surface area contributed by atoms with E-state index in [4.69, 9.17) is 4.74 Å². The van der Waals surface area contributed by atoms with Crippen LogP contribution in [0, 0.1) is 12.8 Å².